The number of fused-ring (bicyclic) bond motifs is 2. The van der Waals surface area contributed by atoms with E-state index in [1.54, 1.807) is 6.20 Å². The van der Waals surface area contributed by atoms with E-state index in [0.717, 1.165) is 24.6 Å². The second kappa shape index (κ2) is 7.51. The molecule has 2 aromatic carbocycles. The van der Waals surface area contributed by atoms with E-state index < -0.39 is 0 Å². The number of nitrogens with zero attached hydrogens (tertiary/aromatic N) is 2. The van der Waals surface area contributed by atoms with E-state index in [1.165, 1.54) is 10.8 Å². The maximum atomic E-state index is 4.24. The molecule has 0 atom stereocenters. The summed E-state index contributed by atoms with van der Waals surface area (Å²) in [6, 6.07) is 20.3. The van der Waals surface area contributed by atoms with Gasteiger partial charge in [-0.15, -0.1) is 0 Å². The van der Waals surface area contributed by atoms with Crippen LogP contribution in [0.5, 0.6) is 0 Å². The molecule has 0 saturated heterocycles. The van der Waals surface area contributed by atoms with E-state index in [4.69, 9.17) is 0 Å². The summed E-state index contributed by atoms with van der Waals surface area (Å²) in [4.78, 5) is 8.36. The Morgan fingerprint density at radius 2 is 1.26 bits per heavy atom. The van der Waals surface area contributed by atoms with Crippen LogP contribution in [0.1, 0.15) is 0 Å². The van der Waals surface area contributed by atoms with Crippen LogP contribution in [-0.2, 0) is 0 Å². The number of benzene rings is 2. The van der Waals surface area contributed by atoms with Crippen LogP contribution in [0.15, 0.2) is 80.7 Å². The molecule has 0 bridgehead atoms. The molecule has 114 valence electrons. The van der Waals surface area contributed by atoms with Gasteiger partial charge in [-0.05, 0) is 70.7 Å². The van der Waals surface area contributed by atoms with Crippen LogP contribution < -0.4 is 0 Å². The molecule has 0 radical (unpaired) electrons. The van der Waals surface area contributed by atoms with Gasteiger partial charge >= 0.3 is 0 Å². The first-order chi connectivity index (χ1) is 11.1. The van der Waals surface area contributed by atoms with Crippen molar-refractivity contribution in [2.24, 2.45) is 0 Å². The SMILES string of the molecule is Brc1cc2ccccc2c(Br)n1.Brc1nccc2ccccc12. The molecule has 4 aromatic rings. The fourth-order valence-electron chi connectivity index (χ4n) is 2.21. The largest absolute Gasteiger partial charge is 0.249 e. The lowest BCUT2D eigenvalue weighted by Gasteiger charge is -1.99. The van der Waals surface area contributed by atoms with E-state index in [2.05, 4.69) is 69.9 Å². The first-order valence-electron chi connectivity index (χ1n) is 6.85. The molecule has 2 nitrogen and oxygen atoms in total. The summed E-state index contributed by atoms with van der Waals surface area (Å²) < 4.78 is 2.65. The third-order valence-electron chi connectivity index (χ3n) is 3.29. The van der Waals surface area contributed by atoms with Gasteiger partial charge in [-0.1, -0.05) is 48.5 Å². The van der Waals surface area contributed by atoms with Crippen molar-refractivity contribution in [3.63, 3.8) is 0 Å². The first kappa shape index (κ1) is 16.6. The van der Waals surface area contributed by atoms with Crippen LogP contribution >= 0.6 is 47.8 Å². The molecule has 5 heteroatoms. The molecule has 0 aliphatic rings. The number of halogens is 3. The van der Waals surface area contributed by atoms with Crippen LogP contribution in [0.2, 0.25) is 0 Å². The third-order valence-corrected chi connectivity index (χ3v) is 4.93. The fourth-order valence-corrected chi connectivity index (χ4v) is 3.90. The molecule has 23 heavy (non-hydrogen) atoms. The Balaban J connectivity index is 0.000000136. The van der Waals surface area contributed by atoms with E-state index >= 15 is 0 Å². The van der Waals surface area contributed by atoms with Crippen LogP contribution in [-0.4, -0.2) is 9.97 Å². The standard InChI is InChI=1S/C9H5Br2N.C9H6BrN/c10-8-5-6-3-1-2-4-7(6)9(11)12-8;10-9-8-4-2-1-3-7(8)5-6-11-9/h1-5H;1-6H. The summed E-state index contributed by atoms with van der Waals surface area (Å²) in [5.41, 5.74) is 0. The van der Waals surface area contributed by atoms with Crippen LogP contribution in [0.3, 0.4) is 0 Å². The zero-order chi connectivity index (χ0) is 16.2. The van der Waals surface area contributed by atoms with Crippen molar-refractivity contribution < 1.29 is 0 Å². The highest BCUT2D eigenvalue weighted by Gasteiger charge is 1.99. The molecule has 2 aromatic heterocycles. The van der Waals surface area contributed by atoms with E-state index in [9.17, 15) is 0 Å². The summed E-state index contributed by atoms with van der Waals surface area (Å²) in [5.74, 6) is 0. The van der Waals surface area contributed by atoms with Gasteiger partial charge in [0.1, 0.15) is 13.8 Å². The minimum Gasteiger partial charge on any atom is -0.249 e. The summed E-state index contributed by atoms with van der Waals surface area (Å²) >= 11 is 10.1. The second-order valence-corrected chi connectivity index (χ2v) is 7.09. The van der Waals surface area contributed by atoms with E-state index in [1.807, 2.05) is 48.5 Å². The minimum absolute atomic E-state index is 0.855. The monoisotopic (exact) mass is 492 g/mol. The van der Waals surface area contributed by atoms with Crippen LogP contribution in [0.25, 0.3) is 21.5 Å². The Morgan fingerprint density at radius 1 is 0.652 bits per heavy atom. The van der Waals surface area contributed by atoms with Crippen molar-refractivity contribution in [2.45, 2.75) is 0 Å². The summed E-state index contributed by atoms with van der Waals surface area (Å²) in [6.45, 7) is 0. The quantitative estimate of drug-likeness (QED) is 0.252. The highest BCUT2D eigenvalue weighted by atomic mass is 79.9. The lowest BCUT2D eigenvalue weighted by molar-refractivity contribution is 1.26. The Hall–Kier alpha value is -1.30. The molecule has 0 aliphatic heterocycles. The van der Waals surface area contributed by atoms with Crippen molar-refractivity contribution in [1.29, 1.82) is 0 Å². The predicted molar refractivity (Wildman–Crippen MR) is 107 cm³/mol. The first-order valence-corrected chi connectivity index (χ1v) is 9.23. The van der Waals surface area contributed by atoms with Gasteiger partial charge in [-0.25, -0.2) is 9.97 Å². The lowest BCUT2D eigenvalue weighted by Crippen LogP contribution is -1.80. The smallest absolute Gasteiger partial charge is 0.115 e. The van der Waals surface area contributed by atoms with Crippen molar-refractivity contribution in [2.75, 3.05) is 0 Å². The zero-order valence-electron chi connectivity index (χ0n) is 11.9. The van der Waals surface area contributed by atoms with Gasteiger partial charge in [0.15, 0.2) is 0 Å². The van der Waals surface area contributed by atoms with Gasteiger partial charge in [0.05, 0.1) is 0 Å². The van der Waals surface area contributed by atoms with Gasteiger partial charge in [0.2, 0.25) is 0 Å². The maximum absolute atomic E-state index is 4.24. The Kier molecular flexibility index (Phi) is 5.41. The molecule has 4 rings (SSSR count). The van der Waals surface area contributed by atoms with Crippen LogP contribution in [0, 0.1) is 0 Å². The van der Waals surface area contributed by atoms with Gasteiger partial charge in [-0.2, -0.15) is 0 Å². The van der Waals surface area contributed by atoms with Crippen molar-refractivity contribution in [3.8, 4) is 0 Å². The normalized spacial score (nSPS) is 10.4. The maximum Gasteiger partial charge on any atom is 0.115 e. The number of hydrogen-bond donors (Lipinski definition) is 0. The minimum atomic E-state index is 0.855. The fraction of sp³-hybridized carbons (Fsp3) is 0. The number of rotatable bonds is 0. The summed E-state index contributed by atoms with van der Waals surface area (Å²) in [5, 5.41) is 4.70. The highest BCUT2D eigenvalue weighted by Crippen LogP contribution is 2.24. The summed E-state index contributed by atoms with van der Waals surface area (Å²) in [7, 11) is 0. The molecule has 0 aliphatic carbocycles. The lowest BCUT2D eigenvalue weighted by atomic mass is 10.2. The van der Waals surface area contributed by atoms with Gasteiger partial charge in [0.25, 0.3) is 0 Å². The van der Waals surface area contributed by atoms with Gasteiger partial charge in [-0.3, -0.25) is 0 Å². The van der Waals surface area contributed by atoms with Crippen molar-refractivity contribution in [3.05, 3.63) is 80.7 Å². The zero-order valence-corrected chi connectivity index (χ0v) is 16.6. The number of aromatic nitrogens is 2. The van der Waals surface area contributed by atoms with Crippen LogP contribution in [0.4, 0.5) is 0 Å². The van der Waals surface area contributed by atoms with Crippen molar-refractivity contribution >= 4 is 69.3 Å². The number of pyridine rings is 2. The average molecular weight is 495 g/mol. The number of hydrogen-bond acceptors (Lipinski definition) is 2. The molecule has 0 N–H and O–H groups in total. The Labute approximate surface area is 159 Å². The molecule has 0 fully saturated rings. The second-order valence-electron chi connectivity index (χ2n) is 4.78. The highest BCUT2D eigenvalue weighted by molar-refractivity contribution is 9.11. The molecule has 0 spiro atoms. The molecule has 0 unspecified atom stereocenters. The predicted octanol–water partition coefficient (Wildman–Crippen LogP) is 6.76. The molecular weight excluding hydrogens is 484 g/mol. The van der Waals surface area contributed by atoms with Gasteiger partial charge < -0.3 is 0 Å². The van der Waals surface area contributed by atoms with E-state index in [-0.39, 0.29) is 0 Å². The topological polar surface area (TPSA) is 25.8 Å². The molecule has 0 amide bonds. The van der Waals surface area contributed by atoms with Crippen molar-refractivity contribution in [1.82, 2.24) is 9.97 Å². The third kappa shape index (κ3) is 3.97. The average Bonchev–Trinajstić information content (AvgIpc) is 2.56. The Morgan fingerprint density at radius 3 is 1.96 bits per heavy atom. The molecule has 2 heterocycles. The molecular formula is C18H11Br3N2. The summed E-state index contributed by atoms with van der Waals surface area (Å²) in [6.07, 6.45) is 1.80. The van der Waals surface area contributed by atoms with Gasteiger partial charge in [0, 0.05) is 17.0 Å². The Bertz CT molecular complexity index is 965. The van der Waals surface area contributed by atoms with E-state index in [0.29, 0.717) is 0 Å². The molecule has 0 saturated carbocycles.